The Balaban J connectivity index is 2.05. The van der Waals surface area contributed by atoms with Crippen LogP contribution in [0, 0.1) is 0 Å². The SMILES string of the molecule is CCCOc1nc(-c2ccccc2)n(C(=O)c2cccc(Cl)c2)n1. The summed E-state index contributed by atoms with van der Waals surface area (Å²) in [6.45, 7) is 2.48. The summed E-state index contributed by atoms with van der Waals surface area (Å²) >= 11 is 5.98. The Morgan fingerprint density at radius 1 is 1.17 bits per heavy atom. The van der Waals surface area contributed by atoms with Gasteiger partial charge < -0.3 is 4.74 Å². The Hall–Kier alpha value is -2.66. The fourth-order valence-corrected chi connectivity index (χ4v) is 2.40. The van der Waals surface area contributed by atoms with Crippen LogP contribution < -0.4 is 4.74 Å². The highest BCUT2D eigenvalue weighted by Gasteiger charge is 2.20. The van der Waals surface area contributed by atoms with Crippen LogP contribution in [-0.2, 0) is 0 Å². The van der Waals surface area contributed by atoms with Gasteiger partial charge in [0.15, 0.2) is 5.82 Å². The van der Waals surface area contributed by atoms with Crippen LogP contribution in [0.3, 0.4) is 0 Å². The molecule has 0 amide bonds. The maximum Gasteiger partial charge on any atom is 0.336 e. The highest BCUT2D eigenvalue weighted by Crippen LogP contribution is 2.21. The van der Waals surface area contributed by atoms with Crippen molar-refractivity contribution >= 4 is 17.5 Å². The first-order valence-electron chi connectivity index (χ1n) is 7.64. The second-order valence-electron chi connectivity index (χ2n) is 5.16. The fourth-order valence-electron chi connectivity index (χ4n) is 2.21. The van der Waals surface area contributed by atoms with Gasteiger partial charge in [0.05, 0.1) is 6.61 Å². The molecule has 24 heavy (non-hydrogen) atoms. The highest BCUT2D eigenvalue weighted by atomic mass is 35.5. The van der Waals surface area contributed by atoms with E-state index < -0.39 is 0 Å². The number of halogens is 1. The molecule has 0 atom stereocenters. The predicted octanol–water partition coefficient (Wildman–Crippen LogP) is 4.08. The van der Waals surface area contributed by atoms with Crippen LogP contribution in [0.15, 0.2) is 54.6 Å². The van der Waals surface area contributed by atoms with E-state index in [0.29, 0.717) is 23.0 Å². The van der Waals surface area contributed by atoms with Crippen LogP contribution >= 0.6 is 11.6 Å². The molecule has 0 saturated carbocycles. The summed E-state index contributed by atoms with van der Waals surface area (Å²) in [6.07, 6.45) is 0.831. The van der Waals surface area contributed by atoms with Gasteiger partial charge in [0.25, 0.3) is 5.91 Å². The summed E-state index contributed by atoms with van der Waals surface area (Å²) in [7, 11) is 0. The summed E-state index contributed by atoms with van der Waals surface area (Å²) in [5, 5.41) is 4.71. The Morgan fingerprint density at radius 3 is 2.67 bits per heavy atom. The van der Waals surface area contributed by atoms with Gasteiger partial charge in [-0.1, -0.05) is 54.9 Å². The average Bonchev–Trinajstić information content (AvgIpc) is 3.04. The van der Waals surface area contributed by atoms with Gasteiger partial charge in [-0.15, -0.1) is 5.10 Å². The van der Waals surface area contributed by atoms with Crippen molar-refractivity contribution in [1.82, 2.24) is 14.8 Å². The minimum absolute atomic E-state index is 0.186. The monoisotopic (exact) mass is 341 g/mol. The topological polar surface area (TPSA) is 57.0 Å². The van der Waals surface area contributed by atoms with Crippen molar-refractivity contribution in [2.45, 2.75) is 13.3 Å². The van der Waals surface area contributed by atoms with E-state index in [1.165, 1.54) is 4.68 Å². The van der Waals surface area contributed by atoms with E-state index >= 15 is 0 Å². The molecular weight excluding hydrogens is 326 g/mol. The van der Waals surface area contributed by atoms with E-state index in [1.54, 1.807) is 24.3 Å². The molecule has 0 saturated heterocycles. The van der Waals surface area contributed by atoms with Gasteiger partial charge in [-0.2, -0.15) is 9.67 Å². The lowest BCUT2D eigenvalue weighted by atomic mass is 10.2. The molecule has 0 aliphatic rings. The van der Waals surface area contributed by atoms with Crippen molar-refractivity contribution in [2.24, 2.45) is 0 Å². The Morgan fingerprint density at radius 2 is 1.96 bits per heavy atom. The molecule has 0 fully saturated rings. The van der Waals surface area contributed by atoms with Crippen LogP contribution in [0.1, 0.15) is 23.7 Å². The molecule has 0 aliphatic carbocycles. The molecule has 122 valence electrons. The maximum atomic E-state index is 12.8. The van der Waals surface area contributed by atoms with E-state index in [9.17, 15) is 4.79 Å². The van der Waals surface area contributed by atoms with E-state index in [1.807, 2.05) is 37.3 Å². The average molecular weight is 342 g/mol. The number of benzene rings is 2. The van der Waals surface area contributed by atoms with E-state index in [0.717, 1.165) is 12.0 Å². The molecule has 3 rings (SSSR count). The zero-order chi connectivity index (χ0) is 16.9. The number of rotatable bonds is 5. The van der Waals surface area contributed by atoms with Gasteiger partial charge in [0.2, 0.25) is 0 Å². The van der Waals surface area contributed by atoms with Gasteiger partial charge in [-0.25, -0.2) is 0 Å². The normalized spacial score (nSPS) is 10.6. The second-order valence-corrected chi connectivity index (χ2v) is 5.60. The highest BCUT2D eigenvalue weighted by molar-refractivity contribution is 6.31. The molecule has 0 N–H and O–H groups in total. The minimum Gasteiger partial charge on any atom is -0.462 e. The van der Waals surface area contributed by atoms with Gasteiger partial charge in [-0.05, 0) is 24.6 Å². The fraction of sp³-hybridized carbons (Fsp3) is 0.167. The van der Waals surface area contributed by atoms with Gasteiger partial charge in [-0.3, -0.25) is 4.79 Å². The van der Waals surface area contributed by atoms with Crippen LogP contribution in [0.2, 0.25) is 5.02 Å². The third-order valence-corrected chi connectivity index (χ3v) is 3.55. The van der Waals surface area contributed by atoms with Gasteiger partial charge in [0, 0.05) is 16.1 Å². The number of aromatic nitrogens is 3. The minimum atomic E-state index is -0.310. The summed E-state index contributed by atoms with van der Waals surface area (Å²) in [4.78, 5) is 17.2. The first kappa shape index (κ1) is 16.2. The summed E-state index contributed by atoms with van der Waals surface area (Å²) in [5.41, 5.74) is 1.22. The zero-order valence-electron chi connectivity index (χ0n) is 13.1. The largest absolute Gasteiger partial charge is 0.462 e. The summed E-state index contributed by atoms with van der Waals surface area (Å²) in [5.74, 6) is 0.127. The number of carbonyl (C=O) groups is 1. The molecule has 0 spiro atoms. The molecule has 3 aromatic rings. The van der Waals surface area contributed by atoms with E-state index in [4.69, 9.17) is 16.3 Å². The van der Waals surface area contributed by atoms with E-state index in [-0.39, 0.29) is 11.9 Å². The lowest BCUT2D eigenvalue weighted by Gasteiger charge is -2.04. The molecule has 1 heterocycles. The van der Waals surface area contributed by atoms with Crippen molar-refractivity contribution in [3.8, 4) is 17.4 Å². The molecule has 0 bridgehead atoms. The van der Waals surface area contributed by atoms with Crippen LogP contribution in [0.4, 0.5) is 0 Å². The van der Waals surface area contributed by atoms with Crippen LogP contribution in [0.5, 0.6) is 6.01 Å². The van der Waals surface area contributed by atoms with Gasteiger partial charge >= 0.3 is 6.01 Å². The molecule has 1 aromatic heterocycles. The standard InChI is InChI=1S/C18H16ClN3O2/c1-2-11-24-18-20-16(13-7-4-3-5-8-13)22(21-18)17(23)14-9-6-10-15(19)12-14/h3-10,12H,2,11H2,1H3. The molecule has 0 radical (unpaired) electrons. The van der Waals surface area contributed by atoms with E-state index in [2.05, 4.69) is 10.1 Å². The Labute approximate surface area is 144 Å². The first-order valence-corrected chi connectivity index (χ1v) is 8.02. The number of ether oxygens (including phenoxy) is 1. The van der Waals surface area contributed by atoms with Gasteiger partial charge in [0.1, 0.15) is 0 Å². The van der Waals surface area contributed by atoms with Crippen LogP contribution in [0.25, 0.3) is 11.4 Å². The number of carbonyl (C=O) groups excluding carboxylic acids is 1. The quantitative estimate of drug-likeness (QED) is 0.701. The third kappa shape index (κ3) is 3.46. The molecular formula is C18H16ClN3O2. The summed E-state index contributed by atoms with van der Waals surface area (Å²) < 4.78 is 6.74. The third-order valence-electron chi connectivity index (χ3n) is 3.32. The van der Waals surface area contributed by atoms with Crippen molar-refractivity contribution in [3.05, 3.63) is 65.2 Å². The lowest BCUT2D eigenvalue weighted by Crippen LogP contribution is -2.15. The lowest BCUT2D eigenvalue weighted by molar-refractivity contribution is 0.0944. The second kappa shape index (κ2) is 7.27. The van der Waals surface area contributed by atoms with Crippen molar-refractivity contribution in [2.75, 3.05) is 6.61 Å². The zero-order valence-corrected chi connectivity index (χ0v) is 13.9. The predicted molar refractivity (Wildman–Crippen MR) is 92.4 cm³/mol. The molecule has 0 aliphatic heterocycles. The maximum absolute atomic E-state index is 12.8. The van der Waals surface area contributed by atoms with Crippen molar-refractivity contribution in [3.63, 3.8) is 0 Å². The number of nitrogens with zero attached hydrogens (tertiary/aromatic N) is 3. The molecule has 5 nitrogen and oxygen atoms in total. The van der Waals surface area contributed by atoms with Crippen molar-refractivity contribution < 1.29 is 9.53 Å². The number of hydrogen-bond acceptors (Lipinski definition) is 4. The Kier molecular flexibility index (Phi) is 4.91. The first-order chi connectivity index (χ1) is 11.7. The molecule has 6 heteroatoms. The molecule has 0 unspecified atom stereocenters. The number of hydrogen-bond donors (Lipinski definition) is 0. The van der Waals surface area contributed by atoms with Crippen LogP contribution in [-0.4, -0.2) is 27.3 Å². The Bertz CT molecular complexity index is 846. The summed E-state index contributed by atoms with van der Waals surface area (Å²) in [6, 6.07) is 16.3. The smallest absolute Gasteiger partial charge is 0.336 e. The molecule has 2 aromatic carbocycles. The van der Waals surface area contributed by atoms with Crippen molar-refractivity contribution in [1.29, 1.82) is 0 Å².